The van der Waals surface area contributed by atoms with Gasteiger partial charge in [-0.2, -0.15) is 5.10 Å². The number of aryl methyl sites for hydroxylation is 2. The first-order valence-electron chi connectivity index (χ1n) is 8.50. The minimum absolute atomic E-state index is 0.221. The van der Waals surface area contributed by atoms with Crippen LogP contribution < -0.4 is 19.5 Å². The van der Waals surface area contributed by atoms with E-state index in [4.69, 9.17) is 18.9 Å². The lowest BCUT2D eigenvalue weighted by atomic mass is 9.81. The Labute approximate surface area is 156 Å². The molecule has 1 atom stereocenters. The summed E-state index contributed by atoms with van der Waals surface area (Å²) in [4.78, 5) is 12.5. The molecule has 1 aromatic heterocycles. The van der Waals surface area contributed by atoms with E-state index in [1.54, 1.807) is 26.0 Å². The molecule has 0 fully saturated rings. The molecule has 0 saturated carbocycles. The number of hydrogen-bond acceptors (Lipinski definition) is 7. The lowest BCUT2D eigenvalue weighted by molar-refractivity contribution is -0.136. The Kier molecular flexibility index (Phi) is 3.98. The van der Waals surface area contributed by atoms with Gasteiger partial charge < -0.3 is 24.3 Å². The molecule has 8 nitrogen and oxygen atoms in total. The summed E-state index contributed by atoms with van der Waals surface area (Å²) in [5.41, 5.74) is 3.96. The van der Waals surface area contributed by atoms with Gasteiger partial charge in [0.05, 0.1) is 38.3 Å². The Balaban J connectivity index is 1.98. The Bertz CT molecular complexity index is 951. The van der Waals surface area contributed by atoms with E-state index in [1.165, 1.54) is 0 Å². The van der Waals surface area contributed by atoms with E-state index in [1.807, 2.05) is 26.1 Å². The van der Waals surface area contributed by atoms with Gasteiger partial charge in [0.15, 0.2) is 11.5 Å². The number of carbonyl (C=O) groups is 1. The predicted octanol–water partition coefficient (Wildman–Crippen LogP) is 2.12. The molecule has 0 saturated heterocycles. The number of fused-ring (bicyclic) bond motifs is 1. The quantitative estimate of drug-likeness (QED) is 0.824. The minimum Gasteiger partial charge on any atom is -0.493 e. The van der Waals surface area contributed by atoms with Crippen molar-refractivity contribution in [3.8, 4) is 17.2 Å². The second kappa shape index (κ2) is 6.22. The predicted molar refractivity (Wildman–Crippen MR) is 97.5 cm³/mol. The molecule has 8 heteroatoms. The SMILES string of the molecule is COc1cc([C@H]2C3=C(COC3=O)Nc3c2c(C)nn3C)cc(OC)c1OC. The zero-order valence-corrected chi connectivity index (χ0v) is 15.9. The Hall–Kier alpha value is -3.16. The van der Waals surface area contributed by atoms with Gasteiger partial charge in [0, 0.05) is 18.5 Å². The molecule has 1 aromatic carbocycles. The van der Waals surface area contributed by atoms with Crippen LogP contribution in [-0.4, -0.2) is 43.7 Å². The molecule has 0 bridgehead atoms. The topological polar surface area (TPSA) is 83.8 Å². The highest BCUT2D eigenvalue weighted by molar-refractivity contribution is 5.97. The summed E-state index contributed by atoms with van der Waals surface area (Å²) in [5, 5.41) is 7.83. The van der Waals surface area contributed by atoms with Gasteiger partial charge in [-0.25, -0.2) is 4.79 Å². The number of nitrogens with zero attached hydrogens (tertiary/aromatic N) is 2. The summed E-state index contributed by atoms with van der Waals surface area (Å²) in [7, 11) is 6.56. The van der Waals surface area contributed by atoms with Gasteiger partial charge >= 0.3 is 5.97 Å². The van der Waals surface area contributed by atoms with Crippen LogP contribution in [0.3, 0.4) is 0 Å². The molecule has 142 valence electrons. The van der Waals surface area contributed by atoms with E-state index >= 15 is 0 Å². The van der Waals surface area contributed by atoms with Crippen LogP contribution in [0, 0.1) is 6.92 Å². The van der Waals surface area contributed by atoms with Crippen molar-refractivity contribution in [3.05, 3.63) is 40.2 Å². The summed E-state index contributed by atoms with van der Waals surface area (Å²) in [5.74, 6) is 1.75. The Morgan fingerprint density at radius 1 is 1.19 bits per heavy atom. The first-order valence-corrected chi connectivity index (χ1v) is 8.50. The summed E-state index contributed by atoms with van der Waals surface area (Å²) < 4.78 is 23.5. The number of methoxy groups -OCH3 is 3. The Morgan fingerprint density at radius 2 is 1.85 bits per heavy atom. The smallest absolute Gasteiger partial charge is 0.337 e. The average Bonchev–Trinajstić information content (AvgIpc) is 3.18. The highest BCUT2D eigenvalue weighted by Gasteiger charge is 2.41. The molecule has 3 heterocycles. The minimum atomic E-state index is -0.339. The van der Waals surface area contributed by atoms with Crippen molar-refractivity contribution >= 4 is 11.8 Å². The number of hydrogen-bond donors (Lipinski definition) is 1. The fourth-order valence-electron chi connectivity index (χ4n) is 3.87. The van der Waals surface area contributed by atoms with Crippen LogP contribution in [0.2, 0.25) is 0 Å². The van der Waals surface area contributed by atoms with Crippen LogP contribution in [0.1, 0.15) is 22.7 Å². The van der Waals surface area contributed by atoms with Crippen molar-refractivity contribution in [2.45, 2.75) is 12.8 Å². The van der Waals surface area contributed by atoms with Crippen molar-refractivity contribution in [2.75, 3.05) is 33.3 Å². The molecule has 0 amide bonds. The summed E-state index contributed by atoms with van der Waals surface area (Å²) in [6.45, 7) is 2.15. The van der Waals surface area contributed by atoms with Crippen molar-refractivity contribution in [2.24, 2.45) is 7.05 Å². The van der Waals surface area contributed by atoms with Crippen molar-refractivity contribution < 1.29 is 23.7 Å². The second-order valence-corrected chi connectivity index (χ2v) is 6.46. The summed E-state index contributed by atoms with van der Waals surface area (Å²) in [6, 6.07) is 3.73. The van der Waals surface area contributed by atoms with Crippen molar-refractivity contribution in [3.63, 3.8) is 0 Å². The number of benzene rings is 1. The van der Waals surface area contributed by atoms with Gasteiger partial charge in [-0.05, 0) is 24.6 Å². The van der Waals surface area contributed by atoms with Crippen molar-refractivity contribution in [1.29, 1.82) is 0 Å². The number of anilines is 1. The molecule has 1 N–H and O–H groups in total. The molecule has 4 rings (SSSR count). The number of ether oxygens (including phenoxy) is 4. The first-order chi connectivity index (χ1) is 13.0. The fourth-order valence-corrected chi connectivity index (χ4v) is 3.87. The van der Waals surface area contributed by atoms with Crippen LogP contribution in [-0.2, 0) is 16.6 Å². The molecule has 0 spiro atoms. The van der Waals surface area contributed by atoms with Crippen molar-refractivity contribution in [1.82, 2.24) is 9.78 Å². The molecule has 0 aliphatic carbocycles. The fraction of sp³-hybridized carbons (Fsp3) is 0.368. The second-order valence-electron chi connectivity index (χ2n) is 6.46. The molecular weight excluding hydrogens is 350 g/mol. The third kappa shape index (κ3) is 2.43. The highest BCUT2D eigenvalue weighted by atomic mass is 16.5. The zero-order chi connectivity index (χ0) is 19.3. The highest BCUT2D eigenvalue weighted by Crippen LogP contribution is 2.49. The van der Waals surface area contributed by atoms with Gasteiger partial charge in [0.1, 0.15) is 12.4 Å². The maximum Gasteiger partial charge on any atom is 0.337 e. The van der Waals surface area contributed by atoms with Crippen LogP contribution in [0.5, 0.6) is 17.2 Å². The van der Waals surface area contributed by atoms with Gasteiger partial charge in [0.2, 0.25) is 5.75 Å². The van der Waals surface area contributed by atoms with Crippen LogP contribution in [0.15, 0.2) is 23.4 Å². The Morgan fingerprint density at radius 3 is 2.44 bits per heavy atom. The molecule has 0 unspecified atom stereocenters. The number of esters is 1. The maximum absolute atomic E-state index is 12.5. The van der Waals surface area contributed by atoms with E-state index in [0.29, 0.717) is 22.8 Å². The van der Waals surface area contributed by atoms with E-state index in [2.05, 4.69) is 10.4 Å². The molecule has 2 aromatic rings. The zero-order valence-electron chi connectivity index (χ0n) is 15.9. The number of cyclic esters (lactones) is 1. The van der Waals surface area contributed by atoms with Crippen LogP contribution in [0.4, 0.5) is 5.82 Å². The molecule has 0 radical (unpaired) electrons. The third-order valence-electron chi connectivity index (χ3n) is 5.03. The van der Waals surface area contributed by atoms with E-state index in [9.17, 15) is 4.79 Å². The third-order valence-corrected chi connectivity index (χ3v) is 5.03. The van der Waals surface area contributed by atoms with Crippen LogP contribution in [0.25, 0.3) is 0 Å². The summed E-state index contributed by atoms with van der Waals surface area (Å²) in [6.07, 6.45) is 0. The monoisotopic (exact) mass is 371 g/mol. The number of rotatable bonds is 4. The van der Waals surface area contributed by atoms with E-state index in [-0.39, 0.29) is 18.5 Å². The van der Waals surface area contributed by atoms with Gasteiger partial charge in [-0.15, -0.1) is 0 Å². The first kappa shape index (κ1) is 17.3. The van der Waals surface area contributed by atoms with Gasteiger partial charge in [0.25, 0.3) is 0 Å². The molecule has 2 aliphatic rings. The average molecular weight is 371 g/mol. The lowest BCUT2D eigenvalue weighted by Gasteiger charge is -2.26. The summed E-state index contributed by atoms with van der Waals surface area (Å²) >= 11 is 0. The maximum atomic E-state index is 12.5. The standard InChI is InChI=1S/C19H21N3O5/c1-9-14-15(10-6-12(24-3)17(26-5)13(7-10)25-4)16-11(8-27-19(16)23)20-18(14)22(2)21-9/h6-7,15,20H,8H2,1-5H3/t15-/m1/s1. The van der Waals surface area contributed by atoms with Crippen LogP contribution >= 0.6 is 0 Å². The number of aromatic nitrogens is 2. The normalized spacial score (nSPS) is 17.8. The number of carbonyl (C=O) groups excluding carboxylic acids is 1. The molecule has 27 heavy (non-hydrogen) atoms. The van der Waals surface area contributed by atoms with Gasteiger partial charge in [-0.3, -0.25) is 4.68 Å². The van der Waals surface area contributed by atoms with E-state index < -0.39 is 0 Å². The number of nitrogens with one attached hydrogen (secondary N) is 1. The molecular formula is C19H21N3O5. The van der Waals surface area contributed by atoms with Gasteiger partial charge in [-0.1, -0.05) is 0 Å². The lowest BCUT2D eigenvalue weighted by Crippen LogP contribution is -2.21. The largest absolute Gasteiger partial charge is 0.493 e. The van der Waals surface area contributed by atoms with E-state index in [0.717, 1.165) is 28.3 Å². The molecule has 2 aliphatic heterocycles.